The van der Waals surface area contributed by atoms with Crippen LogP contribution in [0.15, 0.2) is 24.8 Å². The molecule has 0 fully saturated rings. The van der Waals surface area contributed by atoms with Gasteiger partial charge in [-0.3, -0.25) is 9.69 Å². The largest absolute Gasteiger partial charge is 0.787 e. The highest BCUT2D eigenvalue weighted by atomic mass is 16.5. The monoisotopic (exact) mass is 370 g/mol. The Labute approximate surface area is 145 Å². The maximum absolute atomic E-state index is 10.7. The fourth-order valence-corrected chi connectivity index (χ4v) is 1.37. The van der Waals surface area contributed by atoms with Gasteiger partial charge >= 0.3 is 0 Å². The molecule has 0 radical (unpaired) electrons. The lowest BCUT2D eigenvalue weighted by Crippen LogP contribution is -1.99. The molecular weight excluding hydrogens is 352 g/mol. The Morgan fingerprint density at radius 2 is 1.19 bits per heavy atom. The maximum Gasteiger partial charge on any atom is 0.248 e. The van der Waals surface area contributed by atoms with Gasteiger partial charge in [0.15, 0.2) is 0 Å². The van der Waals surface area contributed by atoms with Crippen LogP contribution in [-0.4, -0.2) is 61.7 Å². The molecule has 26 heavy (non-hydrogen) atoms. The van der Waals surface area contributed by atoms with E-state index in [1.807, 2.05) is 38.6 Å². The van der Waals surface area contributed by atoms with E-state index in [1.54, 1.807) is 0 Å². The predicted molar refractivity (Wildman–Crippen MR) is 83.6 cm³/mol. The van der Waals surface area contributed by atoms with Crippen LogP contribution in [0.5, 0.6) is 0 Å². The molecule has 0 amide bonds. The van der Waals surface area contributed by atoms with Gasteiger partial charge in [-0.1, -0.05) is 0 Å². The van der Waals surface area contributed by atoms with Crippen LogP contribution in [0.3, 0.4) is 0 Å². The fraction of sp³-hybridized carbons (Fsp3) is 0.200. The average molecular weight is 370 g/mol. The number of nitrogens with zero attached hydrogens (tertiary/aromatic N) is 8. The first-order valence-electron chi connectivity index (χ1n) is 6.53. The number of aromatic nitrogens is 12. The molecule has 0 spiro atoms. The normalized spacial score (nSPS) is 8.85. The zero-order valence-corrected chi connectivity index (χ0v) is 13.7. The number of nitrogens with one attached hydrogen (secondary N) is 4. The number of tetrazole rings is 2. The highest BCUT2D eigenvalue weighted by Gasteiger charge is 2.08. The second kappa shape index (κ2) is 10.8. The summed E-state index contributed by atoms with van der Waals surface area (Å²) < 4.78 is 0. The van der Waals surface area contributed by atoms with Crippen LogP contribution in [0.2, 0.25) is 0 Å². The zero-order chi connectivity index (χ0) is 17.4. The molecule has 0 aliphatic rings. The van der Waals surface area contributed by atoms with Crippen molar-refractivity contribution >= 4 is 0 Å². The molecule has 16 nitrogen and oxygen atoms in total. The Balaban J connectivity index is 0.000000382. The maximum atomic E-state index is 10.7. The number of aryl methyl sites for hydroxylation is 2. The van der Waals surface area contributed by atoms with Crippen LogP contribution in [0.4, 0.5) is 0 Å². The van der Waals surface area contributed by atoms with Crippen LogP contribution in [0.1, 0.15) is 11.6 Å². The van der Waals surface area contributed by atoms with E-state index >= 15 is 0 Å². The quantitative estimate of drug-likeness (QED) is 0.341. The van der Waals surface area contributed by atoms with E-state index in [1.165, 1.54) is 0 Å². The summed E-state index contributed by atoms with van der Waals surface area (Å²) in [6.45, 7) is 3.94. The number of hydrogen-bond donors (Lipinski definition) is 2. The van der Waals surface area contributed by atoms with Crippen molar-refractivity contribution in [3.63, 3.8) is 0 Å². The summed E-state index contributed by atoms with van der Waals surface area (Å²) in [4.78, 5) is 11.9. The van der Waals surface area contributed by atoms with Crippen molar-refractivity contribution in [2.24, 2.45) is 0 Å². The minimum absolute atomic E-state index is 0. The Bertz CT molecular complexity index is 754. The molecule has 4 heterocycles. The van der Waals surface area contributed by atoms with Gasteiger partial charge in [-0.25, -0.2) is 19.9 Å². The van der Waals surface area contributed by atoms with Crippen molar-refractivity contribution in [3.8, 4) is 11.6 Å². The van der Waals surface area contributed by atoms with Crippen LogP contribution < -0.4 is 9.97 Å². The molecule has 0 aliphatic carbocycles. The fourth-order valence-electron chi connectivity index (χ4n) is 1.37. The van der Waals surface area contributed by atoms with Crippen LogP contribution >= 0.6 is 0 Å². The van der Waals surface area contributed by atoms with Crippen molar-refractivity contribution in [1.82, 2.24) is 50.7 Å². The second-order valence-corrected chi connectivity index (χ2v) is 4.24. The van der Waals surface area contributed by atoms with E-state index < -0.39 is 0 Å². The first kappa shape index (κ1) is 22.1. The molecule has 0 saturated heterocycles. The summed E-state index contributed by atoms with van der Waals surface area (Å²) >= 11 is 0. The third kappa shape index (κ3) is 6.29. The minimum Gasteiger partial charge on any atom is -0.787 e. The average Bonchev–Trinajstić information content (AvgIpc) is 3.32. The van der Waals surface area contributed by atoms with Crippen molar-refractivity contribution in [3.05, 3.63) is 46.9 Å². The molecule has 0 aliphatic heterocycles. The summed E-state index contributed by atoms with van der Waals surface area (Å²) in [6, 6.07) is 0. The number of rotatable bonds is 1. The standard InChI is InChI=1S/2C4H6N2.C2N8O2.2H2O/c2*1-4-5-2-3-6-4;11-9-1(3-5-7-9)2-4-6-8-10(2)12;;/h2*2-3H,1H3,(H,5,6);;2*1H2/q;;-2;;/p+2. The van der Waals surface area contributed by atoms with Crippen molar-refractivity contribution < 1.29 is 20.9 Å². The van der Waals surface area contributed by atoms with Crippen molar-refractivity contribution in [2.45, 2.75) is 13.8 Å². The molecule has 4 rings (SSSR count). The number of hydrogen-bond acceptors (Lipinski definition) is 8. The number of H-pyrrole nitrogens is 4. The highest BCUT2D eigenvalue weighted by molar-refractivity contribution is 5.41. The Hall–Kier alpha value is -3.92. The molecular formula is C10H18N12O4. The smallest absolute Gasteiger partial charge is 0.248 e. The lowest BCUT2D eigenvalue weighted by atomic mass is 10.6. The molecule has 0 bridgehead atoms. The summed E-state index contributed by atoms with van der Waals surface area (Å²) in [5, 5.41) is 39.9. The zero-order valence-electron chi connectivity index (χ0n) is 13.7. The first-order valence-corrected chi connectivity index (χ1v) is 6.53. The van der Waals surface area contributed by atoms with E-state index in [9.17, 15) is 10.4 Å². The predicted octanol–water partition coefficient (Wildman–Crippen LogP) is -3.36. The van der Waals surface area contributed by atoms with E-state index in [4.69, 9.17) is 0 Å². The van der Waals surface area contributed by atoms with Gasteiger partial charge in [0.1, 0.15) is 24.8 Å². The number of aromatic amines is 4. The third-order valence-electron chi connectivity index (χ3n) is 2.45. The van der Waals surface area contributed by atoms with Gasteiger partial charge in [0, 0.05) is 13.8 Å². The molecule has 8 N–H and O–H groups in total. The summed E-state index contributed by atoms with van der Waals surface area (Å²) in [5.41, 5.74) is 0. The molecule has 142 valence electrons. The van der Waals surface area contributed by atoms with Gasteiger partial charge in [-0.15, -0.1) is 10.2 Å². The molecule has 4 aromatic heterocycles. The minimum atomic E-state index is -0.324. The Kier molecular flexibility index (Phi) is 9.15. The van der Waals surface area contributed by atoms with Crippen molar-refractivity contribution in [2.75, 3.05) is 0 Å². The first-order chi connectivity index (χ1) is 11.6. The molecule has 0 saturated carbocycles. The van der Waals surface area contributed by atoms with Crippen molar-refractivity contribution in [1.29, 1.82) is 0 Å². The lowest BCUT2D eigenvalue weighted by Gasteiger charge is -2.07. The Morgan fingerprint density at radius 3 is 1.35 bits per heavy atom. The van der Waals surface area contributed by atoms with Gasteiger partial charge in [-0.05, 0) is 20.9 Å². The molecule has 16 heteroatoms. The summed E-state index contributed by atoms with van der Waals surface area (Å²) in [7, 11) is 0. The van der Waals surface area contributed by atoms with E-state index in [-0.39, 0.29) is 32.3 Å². The second-order valence-electron chi connectivity index (χ2n) is 4.24. The molecule has 0 unspecified atom stereocenters. The van der Waals surface area contributed by atoms with Crippen LogP contribution in [0, 0.1) is 24.3 Å². The van der Waals surface area contributed by atoms with Crippen LogP contribution in [0.25, 0.3) is 11.6 Å². The Morgan fingerprint density at radius 1 is 0.808 bits per heavy atom. The third-order valence-corrected chi connectivity index (χ3v) is 2.45. The summed E-state index contributed by atoms with van der Waals surface area (Å²) in [6.07, 6.45) is 7.43. The van der Waals surface area contributed by atoms with Gasteiger partial charge < -0.3 is 21.4 Å². The topological polar surface area (TPSA) is 256 Å². The number of imidazole rings is 2. The van der Waals surface area contributed by atoms with Gasteiger partial charge in [-0.2, -0.15) is 0 Å². The molecule has 0 aromatic carbocycles. The molecule has 0 atom stereocenters. The van der Waals surface area contributed by atoms with E-state index in [0.29, 0.717) is 0 Å². The highest BCUT2D eigenvalue weighted by Crippen LogP contribution is 2.07. The summed E-state index contributed by atoms with van der Waals surface area (Å²) in [5.74, 6) is 1.54. The lowest BCUT2D eigenvalue weighted by molar-refractivity contribution is -0.385. The van der Waals surface area contributed by atoms with Crippen LogP contribution in [-0.2, 0) is 0 Å². The van der Waals surface area contributed by atoms with E-state index in [0.717, 1.165) is 11.6 Å². The van der Waals surface area contributed by atoms with Gasteiger partial charge in [0.25, 0.3) is 0 Å². The molecule has 4 aromatic rings. The van der Waals surface area contributed by atoms with Gasteiger partial charge in [0.2, 0.25) is 23.3 Å². The van der Waals surface area contributed by atoms with Gasteiger partial charge in [0.05, 0.1) is 0 Å². The SMILES string of the molecule is Cc1[nH]cc[nH+]1.Cc1[nH]cc[nH+]1.O.O.[O-]n1nnnc1-c1nnnn1[O-]. The van der Waals surface area contributed by atoms with E-state index in [2.05, 4.69) is 51.0 Å².